The topological polar surface area (TPSA) is 81.9 Å². The maximum Gasteiger partial charge on any atom is 0.417 e. The first-order chi connectivity index (χ1) is 14.9. The van der Waals surface area contributed by atoms with E-state index in [0.29, 0.717) is 24.4 Å². The van der Waals surface area contributed by atoms with Gasteiger partial charge in [0.25, 0.3) is 11.9 Å². The van der Waals surface area contributed by atoms with Crippen LogP contribution in [0.5, 0.6) is 0 Å². The van der Waals surface area contributed by atoms with Crippen LogP contribution in [0.2, 0.25) is 0 Å². The molecule has 1 amide bonds. The summed E-state index contributed by atoms with van der Waals surface area (Å²) in [4.78, 5) is 21.1. The third-order valence-corrected chi connectivity index (χ3v) is 4.95. The first-order valence-electron chi connectivity index (χ1n) is 9.75. The fraction of sp³-hybridized carbons (Fsp3) is 0.333. The summed E-state index contributed by atoms with van der Waals surface area (Å²) >= 11 is 0. The quantitative estimate of drug-likeness (QED) is 0.578. The van der Waals surface area contributed by atoms with Crippen LogP contribution in [0.25, 0.3) is 17.2 Å². The molecule has 162 valence electrons. The molecule has 0 spiro atoms. The first kappa shape index (κ1) is 21.0. The summed E-state index contributed by atoms with van der Waals surface area (Å²) in [5, 5.41) is 7.05. The molecular weight excluding hydrogens is 411 g/mol. The molecule has 1 aromatic carbocycles. The highest BCUT2D eigenvalue weighted by molar-refractivity contribution is 5.95. The number of ether oxygens (including phenoxy) is 1. The van der Waals surface area contributed by atoms with Crippen molar-refractivity contribution in [1.29, 1.82) is 0 Å². The van der Waals surface area contributed by atoms with Crippen LogP contribution < -0.4 is 5.32 Å². The Balaban J connectivity index is 1.72. The van der Waals surface area contributed by atoms with Gasteiger partial charge in [0.05, 0.1) is 35.3 Å². The second kappa shape index (κ2) is 8.46. The Bertz CT molecular complexity index is 1090. The Labute approximate surface area is 176 Å². The van der Waals surface area contributed by atoms with Gasteiger partial charge >= 0.3 is 6.18 Å². The zero-order chi connectivity index (χ0) is 22.0. The number of aromatic nitrogens is 4. The fourth-order valence-corrected chi connectivity index (χ4v) is 3.36. The van der Waals surface area contributed by atoms with E-state index >= 15 is 0 Å². The van der Waals surface area contributed by atoms with Crippen molar-refractivity contribution in [1.82, 2.24) is 25.1 Å². The van der Waals surface area contributed by atoms with E-state index in [2.05, 4.69) is 20.4 Å². The van der Waals surface area contributed by atoms with E-state index in [1.165, 1.54) is 41.3 Å². The van der Waals surface area contributed by atoms with E-state index in [-0.39, 0.29) is 29.0 Å². The summed E-state index contributed by atoms with van der Waals surface area (Å²) in [7, 11) is 1.54. The van der Waals surface area contributed by atoms with Crippen LogP contribution >= 0.6 is 0 Å². The first-order valence-corrected chi connectivity index (χ1v) is 9.75. The van der Waals surface area contributed by atoms with E-state index in [1.54, 1.807) is 7.11 Å². The molecule has 1 aliphatic rings. The number of halogens is 3. The molecule has 0 atom stereocenters. The van der Waals surface area contributed by atoms with Gasteiger partial charge in [0, 0.05) is 31.3 Å². The van der Waals surface area contributed by atoms with Crippen LogP contribution in [0.4, 0.5) is 13.2 Å². The van der Waals surface area contributed by atoms with E-state index in [0.717, 1.165) is 18.9 Å². The predicted octanol–water partition coefficient (Wildman–Crippen LogP) is 3.60. The Hall–Kier alpha value is -3.27. The summed E-state index contributed by atoms with van der Waals surface area (Å²) in [5.74, 6) is -0.0449. The van der Waals surface area contributed by atoms with Crippen LogP contribution in [0.3, 0.4) is 0 Å². The van der Waals surface area contributed by atoms with Gasteiger partial charge in [-0.2, -0.15) is 18.3 Å². The van der Waals surface area contributed by atoms with Gasteiger partial charge < -0.3 is 10.1 Å². The molecule has 0 aliphatic heterocycles. The maximum absolute atomic E-state index is 13.4. The van der Waals surface area contributed by atoms with Gasteiger partial charge in [-0.05, 0) is 25.0 Å². The fourth-order valence-electron chi connectivity index (χ4n) is 3.36. The second-order valence-corrected chi connectivity index (χ2v) is 7.16. The smallest absolute Gasteiger partial charge is 0.383 e. The predicted molar refractivity (Wildman–Crippen MR) is 106 cm³/mol. The van der Waals surface area contributed by atoms with Crippen LogP contribution in [-0.4, -0.2) is 45.9 Å². The third kappa shape index (κ3) is 4.43. The minimum absolute atomic E-state index is 0.0451. The minimum atomic E-state index is -4.51. The van der Waals surface area contributed by atoms with Crippen molar-refractivity contribution >= 4 is 5.91 Å². The summed E-state index contributed by atoms with van der Waals surface area (Å²) in [6.45, 7) is 0.729. The molecule has 3 aromatic rings. The van der Waals surface area contributed by atoms with Crippen molar-refractivity contribution < 1.29 is 22.7 Å². The maximum atomic E-state index is 13.4. The Morgan fingerprint density at radius 1 is 1.26 bits per heavy atom. The number of benzene rings is 1. The molecular formula is C21H20F3N5O2. The molecule has 1 aliphatic carbocycles. The number of hydrogen-bond acceptors (Lipinski definition) is 5. The van der Waals surface area contributed by atoms with Gasteiger partial charge in [0.15, 0.2) is 0 Å². The van der Waals surface area contributed by atoms with Crippen molar-refractivity contribution in [3.05, 3.63) is 59.5 Å². The highest BCUT2D eigenvalue weighted by atomic mass is 19.4. The Morgan fingerprint density at radius 3 is 2.74 bits per heavy atom. The van der Waals surface area contributed by atoms with Crippen LogP contribution in [0.1, 0.15) is 40.4 Å². The molecule has 0 radical (unpaired) electrons. The molecule has 2 heterocycles. The third-order valence-electron chi connectivity index (χ3n) is 4.95. The van der Waals surface area contributed by atoms with E-state index in [9.17, 15) is 18.0 Å². The molecule has 0 unspecified atom stereocenters. The van der Waals surface area contributed by atoms with E-state index < -0.39 is 11.7 Å². The Kier molecular flexibility index (Phi) is 5.73. The lowest BCUT2D eigenvalue weighted by atomic mass is 10.0. The number of amides is 1. The average molecular weight is 431 g/mol. The lowest BCUT2D eigenvalue weighted by molar-refractivity contribution is -0.137. The molecule has 1 saturated carbocycles. The number of methoxy groups -OCH3 is 1. The van der Waals surface area contributed by atoms with Crippen molar-refractivity contribution in [3.63, 3.8) is 0 Å². The van der Waals surface area contributed by atoms with Crippen LogP contribution in [0, 0.1) is 0 Å². The van der Waals surface area contributed by atoms with Gasteiger partial charge in [-0.3, -0.25) is 4.79 Å². The van der Waals surface area contributed by atoms with Gasteiger partial charge in [-0.1, -0.05) is 18.2 Å². The lowest BCUT2D eigenvalue weighted by Crippen LogP contribution is -2.27. The second-order valence-electron chi connectivity index (χ2n) is 7.16. The molecule has 7 nitrogen and oxygen atoms in total. The van der Waals surface area contributed by atoms with Crippen molar-refractivity contribution in [2.75, 3.05) is 20.3 Å². The van der Waals surface area contributed by atoms with E-state index in [4.69, 9.17) is 4.74 Å². The lowest BCUT2D eigenvalue weighted by Gasteiger charge is -2.13. The minimum Gasteiger partial charge on any atom is -0.383 e. The van der Waals surface area contributed by atoms with E-state index in [1.807, 2.05) is 0 Å². The van der Waals surface area contributed by atoms with Crippen LogP contribution in [0.15, 0.2) is 42.7 Å². The normalized spacial score (nSPS) is 13.9. The highest BCUT2D eigenvalue weighted by Crippen LogP contribution is 2.42. The number of hydrogen-bond donors (Lipinski definition) is 1. The summed E-state index contributed by atoms with van der Waals surface area (Å²) in [6.07, 6.45) is 0.0956. The molecule has 1 fully saturated rings. The summed E-state index contributed by atoms with van der Waals surface area (Å²) in [6, 6.07) is 6.67. The molecule has 10 heteroatoms. The molecule has 0 bridgehead atoms. The summed E-state index contributed by atoms with van der Waals surface area (Å²) in [5.41, 5.74) is 0.373. The number of nitrogens with zero attached hydrogens (tertiary/aromatic N) is 4. The van der Waals surface area contributed by atoms with Gasteiger partial charge in [0.1, 0.15) is 0 Å². The van der Waals surface area contributed by atoms with Gasteiger partial charge in [0.2, 0.25) is 0 Å². The zero-order valence-corrected chi connectivity index (χ0v) is 16.7. The number of carbonyl (C=O) groups excluding carboxylic acids is 1. The molecule has 0 saturated heterocycles. The number of rotatable bonds is 7. The van der Waals surface area contributed by atoms with Crippen molar-refractivity contribution in [3.8, 4) is 17.2 Å². The molecule has 1 N–H and O–H groups in total. The SMILES string of the molecule is COCCNC(=O)c1cnn(-c2nccc(-c3ccccc3C(F)(F)F)n2)c1C1CC1. The van der Waals surface area contributed by atoms with Gasteiger partial charge in [-0.25, -0.2) is 14.6 Å². The Morgan fingerprint density at radius 2 is 2.03 bits per heavy atom. The molecule has 4 rings (SSSR count). The summed E-state index contributed by atoms with van der Waals surface area (Å²) < 4.78 is 46.7. The number of carbonyl (C=O) groups is 1. The average Bonchev–Trinajstić information content (AvgIpc) is 3.51. The zero-order valence-electron chi connectivity index (χ0n) is 16.7. The highest BCUT2D eigenvalue weighted by Gasteiger charge is 2.35. The monoisotopic (exact) mass is 431 g/mol. The van der Waals surface area contributed by atoms with Crippen molar-refractivity contribution in [2.24, 2.45) is 0 Å². The molecule has 31 heavy (non-hydrogen) atoms. The van der Waals surface area contributed by atoms with Crippen LogP contribution in [-0.2, 0) is 10.9 Å². The van der Waals surface area contributed by atoms with Gasteiger partial charge in [-0.15, -0.1) is 0 Å². The number of alkyl halides is 3. The standard InChI is InChI=1S/C21H20F3N5O2/c1-31-11-10-25-19(30)15-12-27-29(18(15)13-6-7-13)20-26-9-8-17(28-20)14-4-2-3-5-16(14)21(22,23)24/h2-5,8-9,12-13H,6-7,10-11H2,1H3,(H,25,30). The van der Waals surface area contributed by atoms with Crippen molar-refractivity contribution in [2.45, 2.75) is 24.9 Å². The number of nitrogens with one attached hydrogen (secondary N) is 1. The largest absolute Gasteiger partial charge is 0.417 e. The molecule has 2 aromatic heterocycles.